The summed E-state index contributed by atoms with van der Waals surface area (Å²) in [6.07, 6.45) is 25.5. The van der Waals surface area contributed by atoms with Gasteiger partial charge in [0.25, 0.3) is 0 Å². The minimum Gasteiger partial charge on any atom is -0.172 e. The molecule has 6 rings (SSSR count). The molecule has 0 amide bonds. The summed E-state index contributed by atoms with van der Waals surface area (Å²) in [5.41, 5.74) is 10.6. The fourth-order valence-electron chi connectivity index (χ4n) is 7.42. The lowest BCUT2D eigenvalue weighted by atomic mass is 10.0. The Bertz CT molecular complexity index is 1830. The predicted octanol–water partition coefficient (Wildman–Crippen LogP) is 17.1. The number of rotatable bonds is 24. The second kappa shape index (κ2) is 21.2. The Morgan fingerprint density at radius 1 is 0.434 bits per heavy atom. The molecular weight excluding hydrogens is 741 g/mol. The molecule has 0 atom stereocenters. The number of benzene rings is 1. The second-order valence-electron chi connectivity index (χ2n) is 14.9. The average Bonchev–Trinajstić information content (AvgIpc) is 4.02. The van der Waals surface area contributed by atoms with Crippen LogP contribution in [0, 0.1) is 0 Å². The predicted molar refractivity (Wildman–Crippen MR) is 242 cm³/mol. The minimum atomic E-state index is 1.06. The van der Waals surface area contributed by atoms with Crippen LogP contribution in [0.4, 0.5) is 0 Å². The van der Waals surface area contributed by atoms with Crippen LogP contribution in [0.15, 0.2) is 47.2 Å². The van der Waals surface area contributed by atoms with Crippen molar-refractivity contribution in [2.45, 2.75) is 156 Å². The monoisotopic (exact) mass is 800 g/mol. The zero-order chi connectivity index (χ0) is 36.8. The topological polar surface area (TPSA) is 25.8 Å². The van der Waals surface area contributed by atoms with Crippen LogP contribution in [0.2, 0.25) is 0 Å². The summed E-state index contributed by atoms with van der Waals surface area (Å²) < 4.78 is 9.96. The zero-order valence-corrected chi connectivity index (χ0v) is 36.8. The highest BCUT2D eigenvalue weighted by molar-refractivity contribution is 7.24. The number of hydrogen-bond acceptors (Lipinski definition) is 7. The summed E-state index contributed by atoms with van der Waals surface area (Å²) in [6.45, 7) is 9.20. The van der Waals surface area contributed by atoms with Gasteiger partial charge in [0.15, 0.2) is 0 Å². The number of nitrogens with zero attached hydrogens (tertiary/aromatic N) is 2. The van der Waals surface area contributed by atoms with Crippen LogP contribution in [-0.4, -0.2) is 8.75 Å². The molecule has 0 aliphatic heterocycles. The van der Waals surface area contributed by atoms with Crippen LogP contribution >= 0.6 is 57.1 Å². The Hall–Kier alpha value is -2.16. The lowest BCUT2D eigenvalue weighted by molar-refractivity contribution is 0.667. The van der Waals surface area contributed by atoms with Crippen LogP contribution in [0.1, 0.15) is 153 Å². The standard InChI is InChI=1S/C46H60N2S5/c1-5-9-13-17-21-33-27-41(49-31-33)45-35(23-19-15-11-7-3)29-39(51-45)37-25-26-38(44-43(37)47-53-48-44)40-30-36(24-20-16-12-8-4)46(52-40)42-28-34(32-50-42)22-18-14-10-6-2/h25-32H,5-24H2,1-4H3. The van der Waals surface area contributed by atoms with Crippen molar-refractivity contribution in [2.75, 3.05) is 0 Å². The van der Waals surface area contributed by atoms with E-state index in [0.29, 0.717) is 0 Å². The third-order valence-corrected chi connectivity index (χ3v) is 15.8. The molecule has 2 nitrogen and oxygen atoms in total. The minimum absolute atomic E-state index is 1.06. The summed E-state index contributed by atoms with van der Waals surface area (Å²) in [5, 5.41) is 4.83. The fourth-order valence-corrected chi connectivity index (χ4v) is 12.7. The van der Waals surface area contributed by atoms with Gasteiger partial charge in [-0.25, -0.2) is 0 Å². The Morgan fingerprint density at radius 3 is 1.23 bits per heavy atom. The van der Waals surface area contributed by atoms with Gasteiger partial charge in [-0.3, -0.25) is 0 Å². The quantitative estimate of drug-likeness (QED) is 0.0570. The third-order valence-electron chi connectivity index (χ3n) is 10.6. The maximum absolute atomic E-state index is 4.98. The van der Waals surface area contributed by atoms with E-state index in [-0.39, 0.29) is 0 Å². The van der Waals surface area contributed by atoms with Crippen molar-refractivity contribution < 1.29 is 0 Å². The number of hydrogen-bond donors (Lipinski definition) is 0. The Balaban J connectivity index is 1.30. The van der Waals surface area contributed by atoms with Crippen LogP contribution < -0.4 is 0 Å². The van der Waals surface area contributed by atoms with Gasteiger partial charge in [0.05, 0.1) is 11.7 Å². The lowest BCUT2D eigenvalue weighted by Crippen LogP contribution is -1.86. The third kappa shape index (κ3) is 10.8. The van der Waals surface area contributed by atoms with Gasteiger partial charge in [-0.2, -0.15) is 8.75 Å². The molecular formula is C46H60N2S5. The highest BCUT2D eigenvalue weighted by Gasteiger charge is 2.21. The van der Waals surface area contributed by atoms with Crippen LogP contribution in [0.25, 0.3) is 51.4 Å². The van der Waals surface area contributed by atoms with Gasteiger partial charge in [-0.1, -0.05) is 117 Å². The Labute approximate surface area is 340 Å². The van der Waals surface area contributed by atoms with Crippen molar-refractivity contribution in [1.29, 1.82) is 0 Å². The highest BCUT2D eigenvalue weighted by Crippen LogP contribution is 2.47. The number of aromatic nitrogens is 2. The smallest absolute Gasteiger partial charge is 0.114 e. The number of thiophene rings is 4. The maximum Gasteiger partial charge on any atom is 0.114 e. The first-order valence-electron chi connectivity index (χ1n) is 20.8. The summed E-state index contributed by atoms with van der Waals surface area (Å²) in [6, 6.07) is 14.7. The molecule has 6 aromatic rings. The molecule has 284 valence electrons. The number of aryl methyl sites for hydroxylation is 4. The van der Waals surface area contributed by atoms with Gasteiger partial charge < -0.3 is 0 Å². The first kappa shape index (κ1) is 40.5. The van der Waals surface area contributed by atoms with Crippen molar-refractivity contribution in [3.05, 3.63) is 69.4 Å². The summed E-state index contributed by atoms with van der Waals surface area (Å²) in [4.78, 5) is 8.49. The molecule has 0 saturated carbocycles. The van der Waals surface area contributed by atoms with Crippen molar-refractivity contribution in [3.8, 4) is 40.4 Å². The normalized spacial score (nSPS) is 11.8. The largest absolute Gasteiger partial charge is 0.172 e. The zero-order valence-electron chi connectivity index (χ0n) is 32.7. The molecule has 0 N–H and O–H groups in total. The molecule has 0 spiro atoms. The highest BCUT2D eigenvalue weighted by atomic mass is 32.1. The van der Waals surface area contributed by atoms with E-state index in [2.05, 4.69) is 74.9 Å². The molecule has 0 saturated heterocycles. The SMILES string of the molecule is CCCCCCc1csc(-c2sc(-c3ccc(-c4cc(CCCCCC)c(-c5cc(CCCCCC)cs5)s4)c4nsnc34)cc2CCCCCC)c1. The average molecular weight is 801 g/mol. The summed E-state index contributed by atoms with van der Waals surface area (Å²) in [5.74, 6) is 0. The molecule has 0 radical (unpaired) electrons. The van der Waals surface area contributed by atoms with E-state index in [1.807, 2.05) is 45.3 Å². The van der Waals surface area contributed by atoms with Crippen LogP contribution in [0.3, 0.4) is 0 Å². The Kier molecular flexibility index (Phi) is 16.2. The molecule has 5 heterocycles. The number of fused-ring (bicyclic) bond motifs is 1. The molecule has 0 aliphatic rings. The van der Waals surface area contributed by atoms with Crippen molar-refractivity contribution in [2.24, 2.45) is 0 Å². The second-order valence-corrected chi connectivity index (χ2v) is 19.4. The molecule has 0 aliphatic carbocycles. The fraction of sp³-hybridized carbons (Fsp3) is 0.522. The molecule has 1 aromatic carbocycles. The van der Waals surface area contributed by atoms with E-state index in [4.69, 9.17) is 8.75 Å². The molecule has 0 bridgehead atoms. The van der Waals surface area contributed by atoms with Gasteiger partial charge in [0.2, 0.25) is 0 Å². The first-order valence-corrected chi connectivity index (χ1v) is 24.9. The lowest BCUT2D eigenvalue weighted by Gasteiger charge is -2.03. The van der Waals surface area contributed by atoms with E-state index >= 15 is 0 Å². The van der Waals surface area contributed by atoms with E-state index in [9.17, 15) is 0 Å². The van der Waals surface area contributed by atoms with Gasteiger partial charge in [-0.15, -0.1) is 45.3 Å². The van der Waals surface area contributed by atoms with Crippen molar-refractivity contribution >= 4 is 68.1 Å². The van der Waals surface area contributed by atoms with E-state index < -0.39 is 0 Å². The van der Waals surface area contributed by atoms with Crippen molar-refractivity contribution in [3.63, 3.8) is 0 Å². The van der Waals surface area contributed by atoms with E-state index in [0.717, 1.165) is 23.9 Å². The molecule has 7 heteroatoms. The molecule has 53 heavy (non-hydrogen) atoms. The van der Waals surface area contributed by atoms with Gasteiger partial charge >= 0.3 is 0 Å². The molecule has 0 fully saturated rings. The summed E-state index contributed by atoms with van der Waals surface area (Å²) in [7, 11) is 0. The van der Waals surface area contributed by atoms with Gasteiger partial charge in [0.1, 0.15) is 11.0 Å². The Morgan fingerprint density at radius 2 is 0.830 bits per heavy atom. The molecule has 0 unspecified atom stereocenters. The van der Waals surface area contributed by atoms with Crippen molar-refractivity contribution in [1.82, 2.24) is 8.75 Å². The number of unbranched alkanes of at least 4 members (excludes halogenated alkanes) is 12. The first-order chi connectivity index (χ1) is 26.1. The van der Waals surface area contributed by atoms with Gasteiger partial charge in [-0.05, 0) is 109 Å². The van der Waals surface area contributed by atoms with Crippen LogP contribution in [-0.2, 0) is 25.7 Å². The van der Waals surface area contributed by atoms with Crippen LogP contribution in [0.5, 0.6) is 0 Å². The summed E-state index contributed by atoms with van der Waals surface area (Å²) >= 11 is 9.20. The van der Waals surface area contributed by atoms with E-state index in [1.54, 1.807) is 0 Å². The maximum atomic E-state index is 4.98. The van der Waals surface area contributed by atoms with Gasteiger partial charge in [0, 0.05) is 40.4 Å². The molecule has 5 aromatic heterocycles. The van der Waals surface area contributed by atoms with E-state index in [1.165, 1.54) is 190 Å².